The van der Waals surface area contributed by atoms with Crippen LogP contribution in [0.5, 0.6) is 11.5 Å². The van der Waals surface area contributed by atoms with E-state index in [9.17, 15) is 0 Å². The minimum atomic E-state index is 0.409. The van der Waals surface area contributed by atoms with Gasteiger partial charge in [0, 0.05) is 34.8 Å². The summed E-state index contributed by atoms with van der Waals surface area (Å²) in [6, 6.07) is 54.4. The highest BCUT2D eigenvalue weighted by atomic mass is 16.5. The molecular formula is C58H53N3O. The second kappa shape index (κ2) is 15.9. The van der Waals surface area contributed by atoms with Gasteiger partial charge in [-0.15, -0.1) is 0 Å². The Kier molecular flexibility index (Phi) is 10.1. The van der Waals surface area contributed by atoms with Crippen LogP contribution < -0.4 is 4.74 Å². The summed E-state index contributed by atoms with van der Waals surface area (Å²) in [5, 5.41) is 2.32. The smallest absolute Gasteiger partial charge is 0.137 e. The first-order valence-corrected chi connectivity index (χ1v) is 22.1. The average molecular weight is 808 g/mol. The molecule has 0 amide bonds. The van der Waals surface area contributed by atoms with Gasteiger partial charge in [0.2, 0.25) is 0 Å². The van der Waals surface area contributed by atoms with Crippen molar-refractivity contribution in [1.29, 1.82) is 0 Å². The summed E-state index contributed by atoms with van der Waals surface area (Å²) >= 11 is 0. The third-order valence-electron chi connectivity index (χ3n) is 13.5. The van der Waals surface area contributed by atoms with E-state index in [1.165, 1.54) is 80.3 Å². The number of hydrogen-bond donors (Lipinski definition) is 0. The Hall–Kier alpha value is -6.78. The molecule has 0 radical (unpaired) electrons. The predicted molar refractivity (Wildman–Crippen MR) is 258 cm³/mol. The minimum absolute atomic E-state index is 0.409. The van der Waals surface area contributed by atoms with Crippen molar-refractivity contribution >= 4 is 21.8 Å². The Morgan fingerprint density at radius 3 is 1.85 bits per heavy atom. The lowest BCUT2D eigenvalue weighted by Gasteiger charge is -2.40. The second-order valence-corrected chi connectivity index (χ2v) is 18.4. The van der Waals surface area contributed by atoms with Gasteiger partial charge in [-0.05, 0) is 161 Å². The van der Waals surface area contributed by atoms with E-state index in [4.69, 9.17) is 14.7 Å². The van der Waals surface area contributed by atoms with E-state index in [2.05, 4.69) is 198 Å². The van der Waals surface area contributed by atoms with E-state index in [0.717, 1.165) is 45.0 Å². The third kappa shape index (κ3) is 7.60. The summed E-state index contributed by atoms with van der Waals surface area (Å²) < 4.78 is 8.97. The van der Waals surface area contributed by atoms with Gasteiger partial charge in [-0.3, -0.25) is 9.55 Å². The number of benzene rings is 6. The Morgan fingerprint density at radius 1 is 0.532 bits per heavy atom. The minimum Gasteiger partial charge on any atom is -0.457 e. The van der Waals surface area contributed by atoms with Crippen molar-refractivity contribution in [2.45, 2.75) is 66.7 Å². The molecule has 0 spiro atoms. The first-order valence-electron chi connectivity index (χ1n) is 22.1. The highest BCUT2D eigenvalue weighted by Gasteiger charge is 2.34. The molecule has 2 unspecified atom stereocenters. The van der Waals surface area contributed by atoms with Crippen LogP contribution in [0.3, 0.4) is 0 Å². The molecule has 9 aromatic rings. The summed E-state index contributed by atoms with van der Waals surface area (Å²) in [5.74, 6) is 3.63. The maximum Gasteiger partial charge on any atom is 0.137 e. The first-order chi connectivity index (χ1) is 30.1. The molecule has 0 saturated heterocycles. The molecule has 3 heterocycles. The highest BCUT2D eigenvalue weighted by molar-refractivity contribution is 6.10. The van der Waals surface area contributed by atoms with E-state index in [-0.39, 0.29) is 0 Å². The van der Waals surface area contributed by atoms with Gasteiger partial charge in [0.1, 0.15) is 17.3 Å². The van der Waals surface area contributed by atoms with E-state index in [1.807, 2.05) is 12.3 Å². The molecule has 0 N–H and O–H groups in total. The van der Waals surface area contributed by atoms with Gasteiger partial charge in [0.05, 0.1) is 16.7 Å². The zero-order valence-electron chi connectivity index (χ0n) is 36.6. The Bertz CT molecular complexity index is 3090. The van der Waals surface area contributed by atoms with E-state index in [0.29, 0.717) is 17.3 Å². The maximum atomic E-state index is 6.70. The van der Waals surface area contributed by atoms with Crippen LogP contribution in [0.25, 0.3) is 72.3 Å². The molecular weight excluding hydrogens is 755 g/mol. The topological polar surface area (TPSA) is 39.9 Å². The molecule has 10 rings (SSSR count). The number of pyridine rings is 2. The molecule has 1 aliphatic carbocycles. The van der Waals surface area contributed by atoms with Crippen LogP contribution in [0, 0.1) is 32.1 Å². The fraction of sp³-hybridized carbons (Fsp3) is 0.207. The van der Waals surface area contributed by atoms with Crippen LogP contribution in [0.4, 0.5) is 0 Å². The van der Waals surface area contributed by atoms with Gasteiger partial charge in [0.15, 0.2) is 0 Å². The van der Waals surface area contributed by atoms with Crippen LogP contribution in [-0.2, 0) is 0 Å². The number of fused-ring (bicyclic) bond motifs is 3. The number of ether oxygens (including phenoxy) is 1. The van der Waals surface area contributed by atoms with E-state index in [1.54, 1.807) is 0 Å². The molecule has 4 heteroatoms. The summed E-state index contributed by atoms with van der Waals surface area (Å²) in [7, 11) is 0. The molecule has 1 aliphatic rings. The maximum absolute atomic E-state index is 6.70. The van der Waals surface area contributed by atoms with Crippen LogP contribution in [0.15, 0.2) is 164 Å². The van der Waals surface area contributed by atoms with Crippen LogP contribution in [0.1, 0.15) is 68.2 Å². The van der Waals surface area contributed by atoms with Gasteiger partial charge in [-0.1, -0.05) is 118 Å². The van der Waals surface area contributed by atoms with Crippen LogP contribution in [0.2, 0.25) is 0 Å². The van der Waals surface area contributed by atoms with Crippen molar-refractivity contribution in [3.8, 4) is 62.0 Å². The van der Waals surface area contributed by atoms with Gasteiger partial charge in [-0.25, -0.2) is 4.98 Å². The van der Waals surface area contributed by atoms with Crippen molar-refractivity contribution in [3.05, 3.63) is 186 Å². The van der Waals surface area contributed by atoms with Crippen molar-refractivity contribution in [2.75, 3.05) is 0 Å². The molecule has 0 bridgehead atoms. The summed E-state index contributed by atoms with van der Waals surface area (Å²) in [4.78, 5) is 9.88. The zero-order valence-corrected chi connectivity index (χ0v) is 36.6. The molecule has 4 nitrogen and oxygen atoms in total. The van der Waals surface area contributed by atoms with Crippen LogP contribution in [-0.4, -0.2) is 14.5 Å². The van der Waals surface area contributed by atoms with Crippen LogP contribution >= 0.6 is 0 Å². The van der Waals surface area contributed by atoms with Gasteiger partial charge < -0.3 is 4.74 Å². The molecule has 2 atom stereocenters. The molecule has 6 aromatic carbocycles. The van der Waals surface area contributed by atoms with Gasteiger partial charge in [-0.2, -0.15) is 0 Å². The van der Waals surface area contributed by atoms with Crippen molar-refractivity contribution in [3.63, 3.8) is 0 Å². The molecule has 1 saturated carbocycles. The number of nitrogens with zero attached hydrogens (tertiary/aromatic N) is 3. The number of hydrogen-bond acceptors (Lipinski definition) is 3. The number of aromatic nitrogens is 3. The fourth-order valence-corrected chi connectivity index (χ4v) is 9.92. The van der Waals surface area contributed by atoms with E-state index >= 15 is 0 Å². The van der Waals surface area contributed by atoms with E-state index < -0.39 is 0 Å². The zero-order chi connectivity index (χ0) is 42.5. The Balaban J connectivity index is 0.971. The quantitative estimate of drug-likeness (QED) is 0.154. The molecule has 1 fully saturated rings. The lowest BCUT2D eigenvalue weighted by molar-refractivity contribution is 0.167. The summed E-state index contributed by atoms with van der Waals surface area (Å²) in [5.41, 5.74) is 16.9. The average Bonchev–Trinajstić information content (AvgIpc) is 3.61. The first kappa shape index (κ1) is 39.4. The lowest BCUT2D eigenvalue weighted by atomic mass is 9.65. The standard InChI is InChI=1S/C58H53N3O/c1-37-29-57(60-35-39(37)3)61-55-26-23-46(45-21-19-44(20-22-45)43-17-15-42(16-18-43)41-11-8-7-9-12-41)31-53(55)51-25-24-49(32-56(51)61)62-48-14-10-13-47(30-48)54-33-52(40(4)36-59-54)50-27-28-58(5,6)34-38(50)2/h7-26,29-33,35-36,38,50H,27-28,34H2,1-6H3. The summed E-state index contributed by atoms with van der Waals surface area (Å²) in [6.45, 7) is 13.7. The predicted octanol–water partition coefficient (Wildman–Crippen LogP) is 15.9. The number of rotatable bonds is 8. The summed E-state index contributed by atoms with van der Waals surface area (Å²) in [6.07, 6.45) is 7.76. The third-order valence-corrected chi connectivity index (χ3v) is 13.5. The van der Waals surface area contributed by atoms with Crippen molar-refractivity contribution in [1.82, 2.24) is 14.5 Å². The monoisotopic (exact) mass is 807 g/mol. The molecule has 0 aliphatic heterocycles. The fourth-order valence-electron chi connectivity index (χ4n) is 9.92. The molecule has 62 heavy (non-hydrogen) atoms. The number of aryl methyl sites for hydroxylation is 3. The second-order valence-electron chi connectivity index (χ2n) is 18.4. The SMILES string of the molecule is Cc1cnc(-n2c3ccc(-c4ccc(-c5ccc(-c6ccccc6)cc5)cc4)cc3c3ccc(Oc4cccc(-c5cc(C6CCC(C)(C)CC6C)c(C)cn5)c4)cc32)cc1C. The Morgan fingerprint density at radius 2 is 1.16 bits per heavy atom. The van der Waals surface area contributed by atoms with Gasteiger partial charge in [0.25, 0.3) is 0 Å². The lowest BCUT2D eigenvalue weighted by Crippen LogP contribution is -2.27. The Labute approximate surface area is 365 Å². The molecule has 306 valence electrons. The largest absolute Gasteiger partial charge is 0.457 e. The molecule has 3 aromatic heterocycles. The van der Waals surface area contributed by atoms with Crippen molar-refractivity contribution in [2.24, 2.45) is 11.3 Å². The van der Waals surface area contributed by atoms with Gasteiger partial charge >= 0.3 is 0 Å². The normalized spacial score (nSPS) is 16.2. The highest BCUT2D eigenvalue weighted by Crippen LogP contribution is 2.47. The van der Waals surface area contributed by atoms with Crippen molar-refractivity contribution < 1.29 is 4.74 Å².